The summed E-state index contributed by atoms with van der Waals surface area (Å²) in [4.78, 5) is 26.6. The number of hydrogen-bond acceptors (Lipinski definition) is 2. The molecular formula is C18H25N3O2. The van der Waals surface area contributed by atoms with Gasteiger partial charge >= 0.3 is 6.03 Å². The molecule has 23 heavy (non-hydrogen) atoms. The first-order chi connectivity index (χ1) is 10.9. The molecule has 0 saturated heterocycles. The lowest BCUT2D eigenvalue weighted by Crippen LogP contribution is -2.40. The lowest BCUT2D eigenvalue weighted by atomic mass is 10.0. The molecular weight excluding hydrogens is 290 g/mol. The second kappa shape index (κ2) is 7.31. The van der Waals surface area contributed by atoms with Gasteiger partial charge in [0.05, 0.1) is 0 Å². The Bertz CT molecular complexity index is 748. The van der Waals surface area contributed by atoms with Crippen LogP contribution in [-0.4, -0.2) is 23.6 Å². The van der Waals surface area contributed by atoms with Crippen LogP contribution < -0.4 is 16.2 Å². The Morgan fingerprint density at radius 3 is 2.57 bits per heavy atom. The molecule has 0 aliphatic rings. The highest BCUT2D eigenvalue weighted by molar-refractivity contribution is 5.80. The number of pyridine rings is 1. The molecule has 1 aromatic heterocycles. The lowest BCUT2D eigenvalue weighted by molar-refractivity contribution is 0.238. The molecule has 0 saturated carbocycles. The molecule has 5 heteroatoms. The molecule has 124 valence electrons. The van der Waals surface area contributed by atoms with Crippen molar-refractivity contribution in [2.75, 3.05) is 6.54 Å². The normalized spacial score (nSPS) is 11.2. The van der Waals surface area contributed by atoms with E-state index in [9.17, 15) is 9.59 Å². The van der Waals surface area contributed by atoms with Gasteiger partial charge in [0.25, 0.3) is 5.56 Å². The number of nitrogens with one attached hydrogen (secondary N) is 3. The third-order valence-corrected chi connectivity index (χ3v) is 3.71. The van der Waals surface area contributed by atoms with Gasteiger partial charge in [-0.3, -0.25) is 4.79 Å². The zero-order valence-electron chi connectivity index (χ0n) is 14.2. The minimum absolute atomic E-state index is 0.0912. The van der Waals surface area contributed by atoms with E-state index in [0.29, 0.717) is 24.4 Å². The van der Waals surface area contributed by atoms with Crippen molar-refractivity contribution in [2.45, 2.75) is 46.1 Å². The number of rotatable bonds is 5. The predicted octanol–water partition coefficient (Wildman–Crippen LogP) is 2.90. The second-order valence-electron chi connectivity index (χ2n) is 6.43. The smallest absolute Gasteiger partial charge is 0.314 e. The maximum Gasteiger partial charge on any atom is 0.314 e. The van der Waals surface area contributed by atoms with Crippen LogP contribution in [0.3, 0.4) is 0 Å². The van der Waals surface area contributed by atoms with Gasteiger partial charge in [-0.25, -0.2) is 4.79 Å². The molecule has 0 aliphatic carbocycles. The molecule has 0 aliphatic heterocycles. The molecule has 1 heterocycles. The number of hydrogen-bond donors (Lipinski definition) is 3. The van der Waals surface area contributed by atoms with E-state index >= 15 is 0 Å². The monoisotopic (exact) mass is 315 g/mol. The molecule has 0 spiro atoms. The van der Waals surface area contributed by atoms with Gasteiger partial charge in [0.2, 0.25) is 0 Å². The molecule has 2 rings (SSSR count). The van der Waals surface area contributed by atoms with Crippen molar-refractivity contribution in [2.24, 2.45) is 0 Å². The molecule has 0 atom stereocenters. The van der Waals surface area contributed by atoms with Crippen molar-refractivity contribution in [3.63, 3.8) is 0 Å². The summed E-state index contributed by atoms with van der Waals surface area (Å²) < 4.78 is 0. The van der Waals surface area contributed by atoms with Gasteiger partial charge in [0.1, 0.15) is 0 Å². The summed E-state index contributed by atoms with van der Waals surface area (Å²) in [5.41, 5.74) is 2.67. The van der Waals surface area contributed by atoms with Crippen molar-refractivity contribution in [1.29, 1.82) is 0 Å². The van der Waals surface area contributed by atoms with Gasteiger partial charge in [-0.1, -0.05) is 19.9 Å². The van der Waals surface area contributed by atoms with Crippen LogP contribution in [-0.2, 0) is 6.42 Å². The number of urea groups is 1. The average molecular weight is 315 g/mol. The summed E-state index contributed by atoms with van der Waals surface area (Å²) >= 11 is 0. The minimum atomic E-state index is -0.209. The first kappa shape index (κ1) is 17.1. The van der Waals surface area contributed by atoms with Crippen molar-refractivity contribution < 1.29 is 4.79 Å². The topological polar surface area (TPSA) is 74.0 Å². The Morgan fingerprint density at radius 1 is 1.17 bits per heavy atom. The summed E-state index contributed by atoms with van der Waals surface area (Å²) in [6, 6.07) is 7.90. The SMILES string of the molecule is CC(C)NC(=O)NCCc1cc2cc(C(C)C)ccc2[nH]c1=O. The summed E-state index contributed by atoms with van der Waals surface area (Å²) in [5, 5.41) is 6.55. The molecule has 3 N–H and O–H groups in total. The molecule has 2 aromatic rings. The molecule has 1 aromatic carbocycles. The minimum Gasteiger partial charge on any atom is -0.338 e. The van der Waals surface area contributed by atoms with E-state index in [1.54, 1.807) is 0 Å². The Morgan fingerprint density at radius 2 is 1.91 bits per heavy atom. The summed E-state index contributed by atoms with van der Waals surface area (Å²) in [7, 11) is 0. The van der Waals surface area contributed by atoms with E-state index in [1.807, 2.05) is 32.0 Å². The van der Waals surface area contributed by atoms with Gasteiger partial charge in [-0.2, -0.15) is 0 Å². The van der Waals surface area contributed by atoms with Crippen LogP contribution in [0.4, 0.5) is 4.79 Å². The molecule has 0 bridgehead atoms. The Balaban J connectivity index is 2.12. The van der Waals surface area contributed by atoms with Gasteiger partial charge in [0.15, 0.2) is 0 Å². The van der Waals surface area contributed by atoms with E-state index < -0.39 is 0 Å². The van der Waals surface area contributed by atoms with Gasteiger partial charge in [-0.05, 0) is 55.3 Å². The van der Waals surface area contributed by atoms with E-state index in [0.717, 1.165) is 10.9 Å². The van der Waals surface area contributed by atoms with Gasteiger partial charge in [-0.15, -0.1) is 0 Å². The Kier molecular flexibility index (Phi) is 5.42. The summed E-state index contributed by atoms with van der Waals surface area (Å²) in [6.45, 7) is 8.52. The number of fused-ring (bicyclic) bond motifs is 1. The maximum absolute atomic E-state index is 12.1. The lowest BCUT2D eigenvalue weighted by Gasteiger charge is -2.10. The number of benzene rings is 1. The zero-order chi connectivity index (χ0) is 17.0. The number of H-pyrrole nitrogens is 1. The number of carbonyl (C=O) groups excluding carboxylic acids is 1. The van der Waals surface area contributed by atoms with Crippen LogP contribution in [0.1, 0.15) is 44.7 Å². The zero-order valence-corrected chi connectivity index (χ0v) is 14.2. The number of aromatic amines is 1. The fraction of sp³-hybridized carbons (Fsp3) is 0.444. The third kappa shape index (κ3) is 4.58. The Labute approximate surface area is 136 Å². The molecule has 2 amide bonds. The van der Waals surface area contributed by atoms with Crippen LogP contribution in [0, 0.1) is 0 Å². The summed E-state index contributed by atoms with van der Waals surface area (Å²) in [6.07, 6.45) is 0.503. The van der Waals surface area contributed by atoms with E-state index in [1.165, 1.54) is 5.56 Å². The number of carbonyl (C=O) groups is 1. The van der Waals surface area contributed by atoms with Crippen LogP contribution >= 0.6 is 0 Å². The van der Waals surface area contributed by atoms with Crippen LogP contribution in [0.25, 0.3) is 10.9 Å². The maximum atomic E-state index is 12.1. The van der Waals surface area contributed by atoms with Crippen molar-refractivity contribution in [3.8, 4) is 0 Å². The van der Waals surface area contributed by atoms with Crippen LogP contribution in [0.15, 0.2) is 29.1 Å². The fourth-order valence-electron chi connectivity index (χ4n) is 2.44. The van der Waals surface area contributed by atoms with Crippen molar-refractivity contribution in [1.82, 2.24) is 15.6 Å². The first-order valence-corrected chi connectivity index (χ1v) is 8.07. The highest BCUT2D eigenvalue weighted by Crippen LogP contribution is 2.19. The van der Waals surface area contributed by atoms with Crippen molar-refractivity contribution in [3.05, 3.63) is 45.7 Å². The van der Waals surface area contributed by atoms with Gasteiger partial charge < -0.3 is 15.6 Å². The number of aromatic nitrogens is 1. The van der Waals surface area contributed by atoms with Crippen LogP contribution in [0.5, 0.6) is 0 Å². The van der Waals surface area contributed by atoms with Crippen LogP contribution in [0.2, 0.25) is 0 Å². The first-order valence-electron chi connectivity index (χ1n) is 8.07. The van der Waals surface area contributed by atoms with Gasteiger partial charge in [0, 0.05) is 23.7 Å². The predicted molar refractivity (Wildman–Crippen MR) is 94.0 cm³/mol. The van der Waals surface area contributed by atoms with E-state index in [-0.39, 0.29) is 17.6 Å². The second-order valence-corrected chi connectivity index (χ2v) is 6.43. The molecule has 5 nitrogen and oxygen atoms in total. The average Bonchev–Trinajstić information content (AvgIpc) is 2.46. The molecule has 0 radical (unpaired) electrons. The Hall–Kier alpha value is -2.30. The highest BCUT2D eigenvalue weighted by Gasteiger charge is 2.07. The largest absolute Gasteiger partial charge is 0.338 e. The highest BCUT2D eigenvalue weighted by atomic mass is 16.2. The molecule has 0 unspecified atom stereocenters. The fourth-order valence-corrected chi connectivity index (χ4v) is 2.44. The summed E-state index contributed by atoms with van der Waals surface area (Å²) in [5.74, 6) is 0.441. The number of amides is 2. The van der Waals surface area contributed by atoms with Crippen molar-refractivity contribution >= 4 is 16.9 Å². The van der Waals surface area contributed by atoms with E-state index in [4.69, 9.17) is 0 Å². The molecule has 0 fully saturated rings. The third-order valence-electron chi connectivity index (χ3n) is 3.71. The quantitative estimate of drug-likeness (QED) is 0.793. The van der Waals surface area contributed by atoms with E-state index in [2.05, 4.69) is 35.5 Å². The standard InChI is InChI=1S/C18H25N3O2/c1-11(2)13-5-6-16-15(9-13)10-14(17(22)21-16)7-8-19-18(23)20-12(3)4/h5-6,9-12H,7-8H2,1-4H3,(H,21,22)(H2,19,20,23).